The van der Waals surface area contributed by atoms with Gasteiger partial charge < -0.3 is 4.74 Å². The fourth-order valence-corrected chi connectivity index (χ4v) is 1.85. The van der Waals surface area contributed by atoms with E-state index in [-0.39, 0.29) is 12.5 Å². The van der Waals surface area contributed by atoms with E-state index in [1.807, 2.05) is 24.4 Å². The number of nitrogens with zero attached hydrogens (tertiary/aromatic N) is 2. The Bertz CT molecular complexity index is 522. The van der Waals surface area contributed by atoms with Crippen molar-refractivity contribution in [3.8, 4) is 0 Å². The summed E-state index contributed by atoms with van der Waals surface area (Å²) in [4.78, 5) is 11.3. The zero-order chi connectivity index (χ0) is 11.5. The van der Waals surface area contributed by atoms with E-state index in [0.29, 0.717) is 6.61 Å². The van der Waals surface area contributed by atoms with Crippen molar-refractivity contribution in [1.29, 1.82) is 0 Å². The first-order valence-corrected chi connectivity index (χ1v) is 5.76. The molecule has 0 unspecified atom stereocenters. The van der Waals surface area contributed by atoms with Gasteiger partial charge in [0.25, 0.3) is 0 Å². The van der Waals surface area contributed by atoms with Gasteiger partial charge in [-0.1, -0.05) is 15.9 Å². The first kappa shape index (κ1) is 11.1. The molecule has 0 saturated carbocycles. The van der Waals surface area contributed by atoms with Crippen LogP contribution in [0.15, 0.2) is 28.9 Å². The van der Waals surface area contributed by atoms with Gasteiger partial charge in [-0.3, -0.25) is 9.48 Å². The maximum atomic E-state index is 11.3. The molecule has 0 aliphatic rings. The van der Waals surface area contributed by atoms with Crippen LogP contribution in [0.1, 0.15) is 6.92 Å². The molecule has 2 aromatic rings. The van der Waals surface area contributed by atoms with Crippen LogP contribution in [-0.2, 0) is 16.1 Å². The number of halogens is 1. The third-order valence-corrected chi connectivity index (χ3v) is 2.60. The van der Waals surface area contributed by atoms with Crippen molar-refractivity contribution in [2.75, 3.05) is 6.61 Å². The molecule has 4 nitrogen and oxygen atoms in total. The number of hydrogen-bond acceptors (Lipinski definition) is 3. The van der Waals surface area contributed by atoms with Crippen LogP contribution in [0.2, 0.25) is 0 Å². The van der Waals surface area contributed by atoms with Gasteiger partial charge in [-0.25, -0.2) is 0 Å². The van der Waals surface area contributed by atoms with E-state index in [2.05, 4.69) is 21.0 Å². The Morgan fingerprint density at radius 2 is 2.38 bits per heavy atom. The van der Waals surface area contributed by atoms with Gasteiger partial charge in [0.2, 0.25) is 0 Å². The van der Waals surface area contributed by atoms with Crippen molar-refractivity contribution >= 4 is 32.8 Å². The maximum absolute atomic E-state index is 11.3. The lowest BCUT2D eigenvalue weighted by atomic mass is 10.3. The number of fused-ring (bicyclic) bond motifs is 1. The highest BCUT2D eigenvalue weighted by atomic mass is 79.9. The minimum Gasteiger partial charge on any atom is -0.465 e. The Hall–Kier alpha value is -1.36. The average Bonchev–Trinajstić information content (AvgIpc) is 2.59. The number of carbonyl (C=O) groups excluding carboxylic acids is 1. The van der Waals surface area contributed by atoms with Crippen molar-refractivity contribution < 1.29 is 9.53 Å². The summed E-state index contributed by atoms with van der Waals surface area (Å²) in [7, 11) is 0. The molecule has 5 heteroatoms. The number of esters is 1. The zero-order valence-electron chi connectivity index (χ0n) is 8.81. The fourth-order valence-electron chi connectivity index (χ4n) is 1.47. The van der Waals surface area contributed by atoms with Gasteiger partial charge in [0.05, 0.1) is 12.1 Å². The highest BCUT2D eigenvalue weighted by Crippen LogP contribution is 2.18. The largest absolute Gasteiger partial charge is 0.465 e. The SMILES string of the molecule is CCOC(=O)Cn1cc2cc(Br)ccc2n1. The van der Waals surface area contributed by atoms with E-state index in [4.69, 9.17) is 4.74 Å². The molecule has 1 aromatic carbocycles. The molecule has 1 heterocycles. The molecule has 0 bridgehead atoms. The normalized spacial score (nSPS) is 10.6. The Balaban J connectivity index is 2.23. The Kier molecular flexibility index (Phi) is 3.24. The third-order valence-electron chi connectivity index (χ3n) is 2.11. The zero-order valence-corrected chi connectivity index (χ0v) is 10.4. The fraction of sp³-hybridized carbons (Fsp3) is 0.273. The molecule has 0 fully saturated rings. The first-order valence-electron chi connectivity index (χ1n) is 4.97. The van der Waals surface area contributed by atoms with Gasteiger partial charge in [-0.15, -0.1) is 0 Å². The van der Waals surface area contributed by atoms with Crippen LogP contribution in [0, 0.1) is 0 Å². The van der Waals surface area contributed by atoms with Crippen LogP contribution in [-0.4, -0.2) is 22.4 Å². The maximum Gasteiger partial charge on any atom is 0.327 e. The lowest BCUT2D eigenvalue weighted by molar-refractivity contribution is -0.144. The molecule has 0 atom stereocenters. The van der Waals surface area contributed by atoms with E-state index in [1.165, 1.54) is 0 Å². The number of benzene rings is 1. The second-order valence-electron chi connectivity index (χ2n) is 3.33. The summed E-state index contributed by atoms with van der Waals surface area (Å²) in [6, 6.07) is 5.79. The summed E-state index contributed by atoms with van der Waals surface area (Å²) in [6.45, 7) is 2.33. The molecular formula is C11H11BrN2O2. The molecule has 0 aliphatic carbocycles. The lowest BCUT2D eigenvalue weighted by Crippen LogP contribution is -2.13. The molecule has 0 aliphatic heterocycles. The van der Waals surface area contributed by atoms with E-state index in [0.717, 1.165) is 15.4 Å². The van der Waals surface area contributed by atoms with Crippen molar-refractivity contribution in [3.63, 3.8) is 0 Å². The van der Waals surface area contributed by atoms with Crippen LogP contribution < -0.4 is 0 Å². The summed E-state index contributed by atoms with van der Waals surface area (Å²) in [5, 5.41) is 5.27. The molecule has 0 spiro atoms. The van der Waals surface area contributed by atoms with E-state index < -0.39 is 0 Å². The van der Waals surface area contributed by atoms with E-state index in [9.17, 15) is 4.79 Å². The number of carbonyl (C=O) groups is 1. The van der Waals surface area contributed by atoms with Gasteiger partial charge >= 0.3 is 5.97 Å². The van der Waals surface area contributed by atoms with Gasteiger partial charge in [0.1, 0.15) is 6.54 Å². The average molecular weight is 283 g/mol. The molecule has 0 radical (unpaired) electrons. The topological polar surface area (TPSA) is 44.1 Å². The van der Waals surface area contributed by atoms with Crippen molar-refractivity contribution in [2.45, 2.75) is 13.5 Å². The van der Waals surface area contributed by atoms with E-state index >= 15 is 0 Å². The summed E-state index contributed by atoms with van der Waals surface area (Å²) in [5.74, 6) is -0.269. The minimum absolute atomic E-state index is 0.153. The predicted molar refractivity (Wildman–Crippen MR) is 64.1 cm³/mol. The van der Waals surface area contributed by atoms with Gasteiger partial charge in [0, 0.05) is 16.1 Å². The molecule has 16 heavy (non-hydrogen) atoms. The highest BCUT2D eigenvalue weighted by molar-refractivity contribution is 9.10. The van der Waals surface area contributed by atoms with Gasteiger partial charge in [-0.05, 0) is 25.1 Å². The quantitative estimate of drug-likeness (QED) is 0.812. The summed E-state index contributed by atoms with van der Waals surface area (Å²) in [5.41, 5.74) is 0.868. The van der Waals surface area contributed by atoms with E-state index in [1.54, 1.807) is 11.6 Å². The predicted octanol–water partition coefficient (Wildman–Crippen LogP) is 2.36. The molecule has 1 aromatic heterocycles. The van der Waals surface area contributed by atoms with Crippen LogP contribution in [0.25, 0.3) is 10.9 Å². The number of ether oxygens (including phenoxy) is 1. The standard InChI is InChI=1S/C11H11BrN2O2/c1-2-16-11(15)7-14-6-8-5-9(12)3-4-10(8)13-14/h3-6H,2,7H2,1H3. The number of rotatable bonds is 3. The Morgan fingerprint density at radius 1 is 1.56 bits per heavy atom. The second kappa shape index (κ2) is 4.65. The summed E-state index contributed by atoms with van der Waals surface area (Å²) in [6.07, 6.45) is 1.83. The molecule has 2 rings (SSSR count). The number of hydrogen-bond donors (Lipinski definition) is 0. The monoisotopic (exact) mass is 282 g/mol. The third kappa shape index (κ3) is 2.41. The molecule has 84 valence electrons. The molecule has 0 saturated heterocycles. The number of aromatic nitrogens is 2. The first-order chi connectivity index (χ1) is 7.69. The molecule has 0 amide bonds. The Labute approximate surface area is 101 Å². The van der Waals surface area contributed by atoms with Crippen LogP contribution in [0.4, 0.5) is 0 Å². The van der Waals surface area contributed by atoms with Crippen LogP contribution >= 0.6 is 15.9 Å². The van der Waals surface area contributed by atoms with Gasteiger partial charge in [-0.2, -0.15) is 5.10 Å². The summed E-state index contributed by atoms with van der Waals surface area (Å²) >= 11 is 3.39. The summed E-state index contributed by atoms with van der Waals surface area (Å²) < 4.78 is 7.44. The minimum atomic E-state index is -0.269. The van der Waals surface area contributed by atoms with Gasteiger partial charge in [0.15, 0.2) is 0 Å². The smallest absolute Gasteiger partial charge is 0.327 e. The Morgan fingerprint density at radius 3 is 3.12 bits per heavy atom. The van der Waals surface area contributed by atoms with Crippen molar-refractivity contribution in [2.24, 2.45) is 0 Å². The van der Waals surface area contributed by atoms with Crippen molar-refractivity contribution in [3.05, 3.63) is 28.9 Å². The highest BCUT2D eigenvalue weighted by Gasteiger charge is 2.06. The molecular weight excluding hydrogens is 272 g/mol. The lowest BCUT2D eigenvalue weighted by Gasteiger charge is -2.00. The second-order valence-corrected chi connectivity index (χ2v) is 4.25. The van der Waals surface area contributed by atoms with Crippen molar-refractivity contribution in [1.82, 2.24) is 9.78 Å². The van der Waals surface area contributed by atoms with Crippen LogP contribution in [0.3, 0.4) is 0 Å². The molecule has 0 N–H and O–H groups in total. The van der Waals surface area contributed by atoms with Crippen LogP contribution in [0.5, 0.6) is 0 Å².